The number of aromatic hydroxyl groups is 1. The quantitative estimate of drug-likeness (QED) is 0.574. The van der Waals surface area contributed by atoms with Gasteiger partial charge in [-0.15, -0.1) is 5.10 Å². The van der Waals surface area contributed by atoms with Crippen LogP contribution in [0.5, 0.6) is 5.75 Å². The van der Waals surface area contributed by atoms with Crippen molar-refractivity contribution in [3.63, 3.8) is 0 Å². The smallest absolute Gasteiger partial charge is 0.285 e. The lowest BCUT2D eigenvalue weighted by atomic mass is 10.1. The average molecular weight is 312 g/mol. The molecule has 110 valence electrons. The highest BCUT2D eigenvalue weighted by atomic mass is 32.1. The molecular weight excluding hydrogens is 300 g/mol. The fourth-order valence-corrected chi connectivity index (χ4v) is 2.57. The van der Waals surface area contributed by atoms with Crippen LogP contribution in [0, 0.1) is 6.92 Å². The summed E-state index contributed by atoms with van der Waals surface area (Å²) in [5, 5.41) is 19.5. The number of hydrogen-bond donors (Lipinski definition) is 2. The Morgan fingerprint density at radius 2 is 2.14 bits per heavy atom. The first-order valence-electron chi connectivity index (χ1n) is 6.50. The van der Waals surface area contributed by atoms with Crippen molar-refractivity contribution in [2.45, 2.75) is 6.92 Å². The standard InChI is InChI=1S/C15H12N4O2S/c1-9-14(22-19-17-9)15(21)18-16-8-11-7-6-10-4-2-3-5-12(10)13(11)20/h2-8,20H,1H3,(H,18,21)/b16-8-. The lowest BCUT2D eigenvalue weighted by Crippen LogP contribution is -2.17. The molecule has 3 aromatic rings. The van der Waals surface area contributed by atoms with Gasteiger partial charge in [-0.2, -0.15) is 5.10 Å². The van der Waals surface area contributed by atoms with E-state index in [0.29, 0.717) is 16.1 Å². The van der Waals surface area contributed by atoms with Crippen LogP contribution in [0.25, 0.3) is 10.8 Å². The van der Waals surface area contributed by atoms with E-state index in [0.717, 1.165) is 22.3 Å². The third-order valence-corrected chi connectivity index (χ3v) is 3.99. The summed E-state index contributed by atoms with van der Waals surface area (Å²) in [6, 6.07) is 11.1. The third kappa shape index (κ3) is 2.66. The highest BCUT2D eigenvalue weighted by Gasteiger charge is 2.12. The highest BCUT2D eigenvalue weighted by molar-refractivity contribution is 7.07. The van der Waals surface area contributed by atoms with Crippen LogP contribution in [0.2, 0.25) is 0 Å². The molecule has 1 aromatic heterocycles. The van der Waals surface area contributed by atoms with Crippen LogP contribution in [0.4, 0.5) is 0 Å². The lowest BCUT2D eigenvalue weighted by molar-refractivity contribution is 0.0958. The Kier molecular flexibility index (Phi) is 3.80. The molecule has 2 aromatic carbocycles. The zero-order valence-electron chi connectivity index (χ0n) is 11.6. The molecule has 0 saturated heterocycles. The first-order chi connectivity index (χ1) is 10.7. The third-order valence-electron chi connectivity index (χ3n) is 3.16. The molecular formula is C15H12N4O2S. The molecule has 7 heteroatoms. The average Bonchev–Trinajstić information content (AvgIpc) is 2.96. The minimum absolute atomic E-state index is 0.131. The number of amides is 1. The normalized spacial score (nSPS) is 11.1. The second kappa shape index (κ2) is 5.90. The molecule has 0 fully saturated rings. The van der Waals surface area contributed by atoms with Gasteiger partial charge in [0.25, 0.3) is 5.91 Å². The molecule has 1 amide bonds. The van der Waals surface area contributed by atoms with Crippen molar-refractivity contribution in [1.29, 1.82) is 0 Å². The maximum atomic E-state index is 11.9. The number of aromatic nitrogens is 2. The van der Waals surface area contributed by atoms with Crippen molar-refractivity contribution in [1.82, 2.24) is 15.0 Å². The van der Waals surface area contributed by atoms with Gasteiger partial charge in [0.2, 0.25) is 0 Å². The van der Waals surface area contributed by atoms with Crippen LogP contribution in [-0.4, -0.2) is 26.8 Å². The molecule has 0 aliphatic carbocycles. The molecule has 2 N–H and O–H groups in total. The number of hydrogen-bond acceptors (Lipinski definition) is 6. The van der Waals surface area contributed by atoms with Gasteiger partial charge in [-0.3, -0.25) is 4.79 Å². The van der Waals surface area contributed by atoms with Gasteiger partial charge in [-0.05, 0) is 29.9 Å². The van der Waals surface area contributed by atoms with Crippen LogP contribution in [0.3, 0.4) is 0 Å². The van der Waals surface area contributed by atoms with E-state index in [-0.39, 0.29) is 11.7 Å². The molecule has 0 aliphatic rings. The van der Waals surface area contributed by atoms with Crippen molar-refractivity contribution in [3.8, 4) is 5.75 Å². The predicted octanol–water partition coefficient (Wildman–Crippen LogP) is 2.47. The molecule has 0 atom stereocenters. The predicted molar refractivity (Wildman–Crippen MR) is 85.3 cm³/mol. The van der Waals surface area contributed by atoms with Gasteiger partial charge in [0.05, 0.1) is 11.9 Å². The van der Waals surface area contributed by atoms with Gasteiger partial charge in [0, 0.05) is 10.9 Å². The van der Waals surface area contributed by atoms with Gasteiger partial charge in [-0.1, -0.05) is 34.8 Å². The monoisotopic (exact) mass is 312 g/mol. The molecule has 0 bridgehead atoms. The number of nitrogens with zero attached hydrogens (tertiary/aromatic N) is 3. The van der Waals surface area contributed by atoms with E-state index in [9.17, 15) is 9.90 Å². The second-order valence-corrected chi connectivity index (χ2v) is 5.37. The summed E-state index contributed by atoms with van der Waals surface area (Å²) in [7, 11) is 0. The van der Waals surface area contributed by atoms with E-state index >= 15 is 0 Å². The molecule has 1 heterocycles. The SMILES string of the molecule is Cc1nnsc1C(=O)N/N=C\c1ccc2ccccc2c1O. The van der Waals surface area contributed by atoms with Crippen LogP contribution in [0.1, 0.15) is 20.9 Å². The number of phenols is 1. The van der Waals surface area contributed by atoms with Crippen LogP contribution in [-0.2, 0) is 0 Å². The Hall–Kier alpha value is -2.80. The summed E-state index contributed by atoms with van der Waals surface area (Å²) in [4.78, 5) is 12.3. The van der Waals surface area contributed by atoms with Crippen molar-refractivity contribution in [2.75, 3.05) is 0 Å². The molecule has 3 rings (SSSR count). The summed E-state index contributed by atoms with van der Waals surface area (Å²) >= 11 is 1.01. The number of benzene rings is 2. The Morgan fingerprint density at radius 1 is 1.32 bits per heavy atom. The van der Waals surface area contributed by atoms with E-state index in [2.05, 4.69) is 20.1 Å². The first-order valence-corrected chi connectivity index (χ1v) is 7.27. The number of fused-ring (bicyclic) bond motifs is 1. The number of nitrogens with one attached hydrogen (secondary N) is 1. The molecule has 0 spiro atoms. The summed E-state index contributed by atoms with van der Waals surface area (Å²) in [6.45, 7) is 1.71. The first kappa shape index (κ1) is 14.2. The van der Waals surface area contributed by atoms with E-state index in [1.807, 2.05) is 30.3 Å². The van der Waals surface area contributed by atoms with Gasteiger partial charge < -0.3 is 5.11 Å². The summed E-state index contributed by atoms with van der Waals surface area (Å²) in [5.41, 5.74) is 3.49. The largest absolute Gasteiger partial charge is 0.507 e. The van der Waals surface area contributed by atoms with Gasteiger partial charge >= 0.3 is 0 Å². The Labute approximate surface area is 130 Å². The molecule has 0 aliphatic heterocycles. The maximum absolute atomic E-state index is 11.9. The summed E-state index contributed by atoms with van der Waals surface area (Å²) in [5.74, 6) is -0.240. The molecule has 6 nitrogen and oxygen atoms in total. The fraction of sp³-hybridized carbons (Fsp3) is 0.0667. The fourth-order valence-electron chi connectivity index (χ4n) is 2.03. The number of hydrazone groups is 1. The lowest BCUT2D eigenvalue weighted by Gasteiger charge is -2.04. The minimum Gasteiger partial charge on any atom is -0.507 e. The van der Waals surface area contributed by atoms with Crippen molar-refractivity contribution in [2.24, 2.45) is 5.10 Å². The summed E-state index contributed by atoms with van der Waals surface area (Å²) < 4.78 is 3.70. The molecule has 0 radical (unpaired) electrons. The van der Waals surface area contributed by atoms with Gasteiger partial charge in [-0.25, -0.2) is 5.43 Å². The van der Waals surface area contributed by atoms with E-state index in [1.165, 1.54) is 6.21 Å². The Morgan fingerprint density at radius 3 is 2.91 bits per heavy atom. The van der Waals surface area contributed by atoms with Crippen molar-refractivity contribution >= 4 is 34.4 Å². The Balaban J connectivity index is 1.80. The van der Waals surface area contributed by atoms with E-state index < -0.39 is 0 Å². The zero-order chi connectivity index (χ0) is 15.5. The number of rotatable bonds is 3. The van der Waals surface area contributed by atoms with Crippen LogP contribution < -0.4 is 5.43 Å². The van der Waals surface area contributed by atoms with E-state index in [4.69, 9.17) is 0 Å². The number of carbonyl (C=O) groups excluding carboxylic acids is 1. The number of aryl methyl sites for hydroxylation is 1. The van der Waals surface area contributed by atoms with E-state index in [1.54, 1.807) is 13.0 Å². The minimum atomic E-state index is -0.371. The maximum Gasteiger partial charge on any atom is 0.285 e. The number of carbonyl (C=O) groups is 1. The van der Waals surface area contributed by atoms with Crippen LogP contribution >= 0.6 is 11.5 Å². The molecule has 0 unspecified atom stereocenters. The highest BCUT2D eigenvalue weighted by Crippen LogP contribution is 2.27. The van der Waals surface area contributed by atoms with Crippen LogP contribution in [0.15, 0.2) is 41.5 Å². The van der Waals surface area contributed by atoms with Crippen molar-refractivity contribution in [3.05, 3.63) is 52.5 Å². The molecule has 0 saturated carbocycles. The number of phenolic OH excluding ortho intramolecular Hbond substituents is 1. The van der Waals surface area contributed by atoms with Gasteiger partial charge in [0.1, 0.15) is 10.6 Å². The van der Waals surface area contributed by atoms with Gasteiger partial charge in [0.15, 0.2) is 0 Å². The molecule has 22 heavy (non-hydrogen) atoms. The Bertz CT molecular complexity index is 873. The topological polar surface area (TPSA) is 87.5 Å². The second-order valence-electron chi connectivity index (χ2n) is 4.61. The summed E-state index contributed by atoms with van der Waals surface area (Å²) in [6.07, 6.45) is 1.41. The van der Waals surface area contributed by atoms with Crippen molar-refractivity contribution < 1.29 is 9.90 Å². The zero-order valence-corrected chi connectivity index (χ0v) is 12.5.